The number of nitro groups is 1. The maximum atomic E-state index is 11.7. The second-order valence-corrected chi connectivity index (χ2v) is 3.79. The van der Waals surface area contributed by atoms with E-state index in [2.05, 4.69) is 9.84 Å². The second kappa shape index (κ2) is 6.47. The number of nitrogens with zero attached hydrogens (tertiary/aromatic N) is 4. The van der Waals surface area contributed by atoms with E-state index < -0.39 is 10.9 Å². The molecular weight excluding hydrogens is 256 g/mol. The number of likely N-dealkylation sites (N-methyl/N-ethyl adjacent to an activating group) is 1. The molecule has 0 saturated heterocycles. The van der Waals surface area contributed by atoms with Crippen molar-refractivity contribution in [1.82, 2.24) is 14.7 Å². The number of amides is 1. The molecule has 0 N–H and O–H groups in total. The first-order chi connectivity index (χ1) is 8.93. The van der Waals surface area contributed by atoms with Gasteiger partial charge in [-0.05, 0) is 0 Å². The summed E-state index contributed by atoms with van der Waals surface area (Å²) in [6, 6.07) is 0. The van der Waals surface area contributed by atoms with Crippen LogP contribution in [-0.2, 0) is 20.9 Å². The molecule has 0 spiro atoms. The fraction of sp³-hybridized carbons (Fsp3) is 0.500. The average Bonchev–Trinajstić information content (AvgIpc) is 2.83. The number of ether oxygens (including phenoxy) is 1. The van der Waals surface area contributed by atoms with E-state index in [9.17, 15) is 19.7 Å². The summed E-state index contributed by atoms with van der Waals surface area (Å²) >= 11 is 0. The normalized spacial score (nSPS) is 10.0. The molecule has 0 unspecified atom stereocenters. The Hall–Kier alpha value is -2.45. The Morgan fingerprint density at radius 1 is 1.58 bits per heavy atom. The highest BCUT2D eigenvalue weighted by Gasteiger charge is 2.14. The molecule has 1 rings (SSSR count). The smallest absolute Gasteiger partial charge is 0.307 e. The third-order valence-electron chi connectivity index (χ3n) is 2.43. The summed E-state index contributed by atoms with van der Waals surface area (Å²) in [5.41, 5.74) is -0.176. The molecule has 1 aromatic rings. The van der Waals surface area contributed by atoms with Crippen molar-refractivity contribution in [3.8, 4) is 0 Å². The molecule has 9 nitrogen and oxygen atoms in total. The maximum Gasteiger partial charge on any atom is 0.307 e. The van der Waals surface area contributed by atoms with Crippen LogP contribution in [0, 0.1) is 10.1 Å². The highest BCUT2D eigenvalue weighted by molar-refractivity contribution is 5.76. The lowest BCUT2D eigenvalue weighted by atomic mass is 10.4. The SMILES string of the molecule is COC(=O)CCN(C)C(=O)Cn1cc([N+](=O)[O-])cn1. The molecule has 9 heteroatoms. The standard InChI is InChI=1S/C10H14N4O5/c1-12(4-3-10(16)19-2)9(15)7-13-6-8(5-11-13)14(17)18/h5-6H,3-4,7H2,1-2H3. The molecule has 104 valence electrons. The zero-order valence-electron chi connectivity index (χ0n) is 10.6. The number of hydrogen-bond acceptors (Lipinski definition) is 6. The van der Waals surface area contributed by atoms with E-state index in [0.717, 1.165) is 6.20 Å². The predicted molar refractivity (Wildman–Crippen MR) is 63.2 cm³/mol. The number of carbonyl (C=O) groups excluding carboxylic acids is 2. The van der Waals surface area contributed by atoms with Crippen LogP contribution in [0.25, 0.3) is 0 Å². The van der Waals surface area contributed by atoms with Crippen LogP contribution in [-0.4, -0.2) is 52.2 Å². The van der Waals surface area contributed by atoms with Gasteiger partial charge in [-0.1, -0.05) is 0 Å². The Morgan fingerprint density at radius 2 is 2.26 bits per heavy atom. The molecular formula is C10H14N4O5. The Kier molecular flexibility index (Phi) is 4.98. The number of hydrogen-bond donors (Lipinski definition) is 0. The molecule has 0 radical (unpaired) electrons. The largest absolute Gasteiger partial charge is 0.469 e. The van der Waals surface area contributed by atoms with Crippen molar-refractivity contribution in [2.75, 3.05) is 20.7 Å². The zero-order valence-corrected chi connectivity index (χ0v) is 10.6. The summed E-state index contributed by atoms with van der Waals surface area (Å²) < 4.78 is 5.63. The van der Waals surface area contributed by atoms with Gasteiger partial charge in [0.05, 0.1) is 18.5 Å². The van der Waals surface area contributed by atoms with Crippen LogP contribution in [0.2, 0.25) is 0 Å². The molecule has 1 heterocycles. The van der Waals surface area contributed by atoms with Crippen LogP contribution in [0.1, 0.15) is 6.42 Å². The molecule has 19 heavy (non-hydrogen) atoms. The number of esters is 1. The van der Waals surface area contributed by atoms with Crippen LogP contribution in [0.3, 0.4) is 0 Å². The van der Waals surface area contributed by atoms with Crippen LogP contribution in [0.15, 0.2) is 12.4 Å². The van der Waals surface area contributed by atoms with E-state index in [-0.39, 0.29) is 31.1 Å². The molecule has 0 atom stereocenters. The second-order valence-electron chi connectivity index (χ2n) is 3.79. The third kappa shape index (κ3) is 4.37. The molecule has 1 amide bonds. The van der Waals surface area contributed by atoms with Gasteiger partial charge in [-0.2, -0.15) is 5.10 Å². The topological polar surface area (TPSA) is 108 Å². The Labute approximate surface area is 108 Å². The van der Waals surface area contributed by atoms with Crippen molar-refractivity contribution >= 4 is 17.6 Å². The summed E-state index contributed by atoms with van der Waals surface area (Å²) in [5.74, 6) is -0.712. The minimum atomic E-state index is -0.588. The van der Waals surface area contributed by atoms with Gasteiger partial charge in [-0.15, -0.1) is 0 Å². The molecule has 0 fully saturated rings. The number of methoxy groups -OCH3 is 1. The molecule has 0 aliphatic heterocycles. The van der Waals surface area contributed by atoms with Crippen LogP contribution >= 0.6 is 0 Å². The van der Waals surface area contributed by atoms with E-state index >= 15 is 0 Å². The lowest BCUT2D eigenvalue weighted by Crippen LogP contribution is -2.32. The van der Waals surface area contributed by atoms with Gasteiger partial charge in [0.25, 0.3) is 0 Å². The highest BCUT2D eigenvalue weighted by atomic mass is 16.6. The third-order valence-corrected chi connectivity index (χ3v) is 2.43. The number of carbonyl (C=O) groups is 2. The average molecular weight is 270 g/mol. The van der Waals surface area contributed by atoms with Crippen LogP contribution in [0.4, 0.5) is 5.69 Å². The number of aromatic nitrogens is 2. The van der Waals surface area contributed by atoms with Gasteiger partial charge >= 0.3 is 11.7 Å². The lowest BCUT2D eigenvalue weighted by Gasteiger charge is -2.16. The quantitative estimate of drug-likeness (QED) is 0.403. The monoisotopic (exact) mass is 270 g/mol. The van der Waals surface area contributed by atoms with Crippen molar-refractivity contribution in [3.63, 3.8) is 0 Å². The predicted octanol–water partition coefficient (Wildman–Crippen LogP) is -0.187. The summed E-state index contributed by atoms with van der Waals surface area (Å²) in [6.07, 6.45) is 2.34. The van der Waals surface area contributed by atoms with Gasteiger partial charge in [0.1, 0.15) is 18.9 Å². The fourth-order valence-corrected chi connectivity index (χ4v) is 1.28. The first-order valence-corrected chi connectivity index (χ1v) is 5.41. The molecule has 0 aliphatic rings. The van der Waals surface area contributed by atoms with Crippen LogP contribution in [0.5, 0.6) is 0 Å². The van der Waals surface area contributed by atoms with Crippen molar-refractivity contribution in [2.24, 2.45) is 0 Å². The highest BCUT2D eigenvalue weighted by Crippen LogP contribution is 2.07. The lowest BCUT2D eigenvalue weighted by molar-refractivity contribution is -0.385. The maximum absolute atomic E-state index is 11.7. The summed E-state index contributed by atoms with van der Waals surface area (Å²) in [7, 11) is 2.80. The Morgan fingerprint density at radius 3 is 2.79 bits per heavy atom. The molecule has 1 aromatic heterocycles. The Bertz CT molecular complexity index is 484. The van der Waals surface area contributed by atoms with Crippen LogP contribution < -0.4 is 0 Å². The van der Waals surface area contributed by atoms with Gasteiger partial charge in [-0.25, -0.2) is 0 Å². The first-order valence-electron chi connectivity index (χ1n) is 5.41. The molecule has 0 saturated carbocycles. The van der Waals surface area contributed by atoms with Gasteiger partial charge in [0.2, 0.25) is 5.91 Å². The molecule has 0 aliphatic carbocycles. The first kappa shape index (κ1) is 14.6. The summed E-state index contributed by atoms with van der Waals surface area (Å²) in [6.45, 7) is 0.0976. The minimum absolute atomic E-state index is 0.0952. The fourth-order valence-electron chi connectivity index (χ4n) is 1.28. The van der Waals surface area contributed by atoms with E-state index in [1.165, 1.54) is 29.9 Å². The van der Waals surface area contributed by atoms with Gasteiger partial charge in [0.15, 0.2) is 0 Å². The van der Waals surface area contributed by atoms with Crippen molar-refractivity contribution in [3.05, 3.63) is 22.5 Å². The van der Waals surface area contributed by atoms with E-state index in [1.807, 2.05) is 0 Å². The van der Waals surface area contributed by atoms with E-state index in [0.29, 0.717) is 0 Å². The Balaban J connectivity index is 2.49. The van der Waals surface area contributed by atoms with Crippen molar-refractivity contribution < 1.29 is 19.2 Å². The zero-order chi connectivity index (χ0) is 14.4. The van der Waals surface area contributed by atoms with Gasteiger partial charge in [0, 0.05) is 13.6 Å². The van der Waals surface area contributed by atoms with E-state index in [4.69, 9.17) is 0 Å². The van der Waals surface area contributed by atoms with Gasteiger partial charge in [-0.3, -0.25) is 24.4 Å². The van der Waals surface area contributed by atoms with E-state index in [1.54, 1.807) is 0 Å². The summed E-state index contributed by atoms with van der Waals surface area (Å²) in [5, 5.41) is 14.2. The van der Waals surface area contributed by atoms with Gasteiger partial charge < -0.3 is 9.64 Å². The number of rotatable bonds is 6. The molecule has 0 bridgehead atoms. The summed E-state index contributed by atoms with van der Waals surface area (Å²) in [4.78, 5) is 33.9. The van der Waals surface area contributed by atoms with Crippen molar-refractivity contribution in [1.29, 1.82) is 0 Å². The van der Waals surface area contributed by atoms with Crippen molar-refractivity contribution in [2.45, 2.75) is 13.0 Å². The minimum Gasteiger partial charge on any atom is -0.469 e. The molecule has 0 aromatic carbocycles.